The van der Waals surface area contributed by atoms with Gasteiger partial charge in [-0.25, -0.2) is 4.39 Å². The molecule has 2 aromatic rings. The van der Waals surface area contributed by atoms with E-state index < -0.39 is 0 Å². The summed E-state index contributed by atoms with van der Waals surface area (Å²) >= 11 is 8.20. The molecule has 0 heterocycles. The van der Waals surface area contributed by atoms with Gasteiger partial charge in [0.1, 0.15) is 5.82 Å². The van der Waals surface area contributed by atoms with E-state index >= 15 is 0 Å². The molecule has 0 radical (unpaired) electrons. The molecular formula is C14H12ClFIN. The Hall–Kier alpha value is -0.650. The van der Waals surface area contributed by atoms with Crippen LogP contribution in [-0.2, 0) is 6.42 Å². The van der Waals surface area contributed by atoms with Crippen molar-refractivity contribution in [3.8, 4) is 0 Å². The number of nitrogens with two attached hydrogens (primary N) is 1. The van der Waals surface area contributed by atoms with Crippen molar-refractivity contribution in [2.75, 3.05) is 0 Å². The molecule has 2 rings (SSSR count). The predicted octanol–water partition coefficient (Wildman–Crippen LogP) is 4.33. The van der Waals surface area contributed by atoms with Crippen LogP contribution in [0, 0.1) is 9.39 Å². The van der Waals surface area contributed by atoms with E-state index in [9.17, 15) is 4.39 Å². The lowest BCUT2D eigenvalue weighted by molar-refractivity contribution is 0.622. The minimum atomic E-state index is -0.243. The SMILES string of the molecule is NC(Cc1ccccc1Cl)c1ccc(F)cc1I. The molecule has 2 aromatic carbocycles. The molecule has 0 saturated heterocycles. The molecule has 4 heteroatoms. The molecule has 94 valence electrons. The van der Waals surface area contributed by atoms with Crippen LogP contribution in [0.25, 0.3) is 0 Å². The van der Waals surface area contributed by atoms with E-state index in [-0.39, 0.29) is 11.9 Å². The smallest absolute Gasteiger partial charge is 0.124 e. The van der Waals surface area contributed by atoms with Gasteiger partial charge in [0.25, 0.3) is 0 Å². The topological polar surface area (TPSA) is 26.0 Å². The normalized spacial score (nSPS) is 12.4. The first-order chi connectivity index (χ1) is 8.58. The Balaban J connectivity index is 2.22. The van der Waals surface area contributed by atoms with E-state index in [0.29, 0.717) is 11.4 Å². The average Bonchev–Trinajstić information content (AvgIpc) is 2.32. The van der Waals surface area contributed by atoms with Crippen molar-refractivity contribution in [1.82, 2.24) is 0 Å². The highest BCUT2D eigenvalue weighted by Crippen LogP contribution is 2.25. The summed E-state index contributed by atoms with van der Waals surface area (Å²) in [6.45, 7) is 0. The molecule has 1 unspecified atom stereocenters. The first-order valence-electron chi connectivity index (χ1n) is 5.52. The van der Waals surface area contributed by atoms with Crippen LogP contribution in [0.15, 0.2) is 42.5 Å². The lowest BCUT2D eigenvalue weighted by Crippen LogP contribution is -2.15. The summed E-state index contributed by atoms with van der Waals surface area (Å²) in [5, 5.41) is 0.713. The van der Waals surface area contributed by atoms with Gasteiger partial charge in [-0.05, 0) is 58.3 Å². The van der Waals surface area contributed by atoms with Crippen molar-refractivity contribution in [2.45, 2.75) is 12.5 Å². The maximum atomic E-state index is 13.0. The van der Waals surface area contributed by atoms with E-state index in [0.717, 1.165) is 14.7 Å². The summed E-state index contributed by atoms with van der Waals surface area (Å²) < 4.78 is 13.9. The molecule has 1 nitrogen and oxygen atoms in total. The van der Waals surface area contributed by atoms with Crippen molar-refractivity contribution in [3.05, 3.63) is 68.0 Å². The molecule has 0 fully saturated rings. The Labute approximate surface area is 124 Å². The summed E-state index contributed by atoms with van der Waals surface area (Å²) in [4.78, 5) is 0. The van der Waals surface area contributed by atoms with Crippen LogP contribution in [0.4, 0.5) is 4.39 Å². The van der Waals surface area contributed by atoms with Gasteiger partial charge in [-0.15, -0.1) is 0 Å². The highest BCUT2D eigenvalue weighted by molar-refractivity contribution is 14.1. The monoisotopic (exact) mass is 375 g/mol. The van der Waals surface area contributed by atoms with Gasteiger partial charge in [-0.3, -0.25) is 0 Å². The van der Waals surface area contributed by atoms with Crippen molar-refractivity contribution in [3.63, 3.8) is 0 Å². The highest BCUT2D eigenvalue weighted by Gasteiger charge is 2.12. The van der Waals surface area contributed by atoms with Crippen LogP contribution in [-0.4, -0.2) is 0 Å². The fraction of sp³-hybridized carbons (Fsp3) is 0.143. The molecule has 0 aliphatic carbocycles. The van der Waals surface area contributed by atoms with E-state index in [4.69, 9.17) is 17.3 Å². The molecule has 0 bridgehead atoms. The van der Waals surface area contributed by atoms with Crippen LogP contribution in [0.2, 0.25) is 5.02 Å². The first-order valence-corrected chi connectivity index (χ1v) is 6.97. The second-order valence-electron chi connectivity index (χ2n) is 4.07. The molecule has 2 N–H and O–H groups in total. The number of halogens is 3. The zero-order valence-electron chi connectivity index (χ0n) is 9.54. The Bertz CT molecular complexity index is 559. The van der Waals surface area contributed by atoms with Crippen LogP contribution in [0.3, 0.4) is 0 Å². The summed E-state index contributed by atoms with van der Waals surface area (Å²) in [6, 6.07) is 12.1. The van der Waals surface area contributed by atoms with Crippen LogP contribution >= 0.6 is 34.2 Å². The third-order valence-electron chi connectivity index (χ3n) is 2.76. The van der Waals surface area contributed by atoms with E-state index in [1.54, 1.807) is 6.07 Å². The Morgan fingerprint density at radius 3 is 2.61 bits per heavy atom. The number of hydrogen-bond donors (Lipinski definition) is 1. The summed E-state index contributed by atoms with van der Waals surface area (Å²) in [5.74, 6) is -0.243. The minimum absolute atomic E-state index is 0.183. The Morgan fingerprint density at radius 2 is 1.94 bits per heavy atom. The summed E-state index contributed by atoms with van der Waals surface area (Å²) in [6.07, 6.45) is 0.640. The fourth-order valence-corrected chi connectivity index (χ4v) is 2.90. The molecule has 1 atom stereocenters. The number of hydrogen-bond acceptors (Lipinski definition) is 1. The van der Waals surface area contributed by atoms with Crippen molar-refractivity contribution < 1.29 is 4.39 Å². The molecule has 0 saturated carbocycles. The predicted molar refractivity (Wildman–Crippen MR) is 81.2 cm³/mol. The minimum Gasteiger partial charge on any atom is -0.324 e. The van der Waals surface area contributed by atoms with Gasteiger partial charge >= 0.3 is 0 Å². The summed E-state index contributed by atoms with van der Waals surface area (Å²) in [5.41, 5.74) is 8.11. The zero-order chi connectivity index (χ0) is 13.1. The van der Waals surface area contributed by atoms with Gasteiger partial charge in [-0.2, -0.15) is 0 Å². The molecular weight excluding hydrogens is 364 g/mol. The van der Waals surface area contributed by atoms with Crippen molar-refractivity contribution in [1.29, 1.82) is 0 Å². The number of rotatable bonds is 3. The van der Waals surface area contributed by atoms with Crippen molar-refractivity contribution >= 4 is 34.2 Å². The summed E-state index contributed by atoms with van der Waals surface area (Å²) in [7, 11) is 0. The van der Waals surface area contributed by atoms with Gasteiger partial charge in [0, 0.05) is 14.6 Å². The first kappa shape index (κ1) is 13.8. The fourth-order valence-electron chi connectivity index (χ4n) is 1.81. The lowest BCUT2D eigenvalue weighted by atomic mass is 10.00. The molecule has 18 heavy (non-hydrogen) atoms. The van der Waals surface area contributed by atoms with Crippen LogP contribution in [0.1, 0.15) is 17.2 Å². The van der Waals surface area contributed by atoms with Crippen molar-refractivity contribution in [2.24, 2.45) is 5.73 Å². The largest absolute Gasteiger partial charge is 0.324 e. The quantitative estimate of drug-likeness (QED) is 0.794. The molecule has 0 aliphatic heterocycles. The second kappa shape index (κ2) is 5.99. The number of benzene rings is 2. The second-order valence-corrected chi connectivity index (χ2v) is 5.64. The Kier molecular flexibility index (Phi) is 4.59. The Morgan fingerprint density at radius 1 is 1.22 bits per heavy atom. The van der Waals surface area contributed by atoms with Gasteiger partial charge < -0.3 is 5.73 Å². The van der Waals surface area contributed by atoms with Crippen LogP contribution in [0.5, 0.6) is 0 Å². The van der Waals surface area contributed by atoms with Gasteiger partial charge in [0.05, 0.1) is 0 Å². The standard InChI is InChI=1S/C14H12ClFIN/c15-12-4-2-1-3-9(12)7-14(18)11-6-5-10(16)8-13(11)17/h1-6,8,14H,7,18H2. The average molecular weight is 376 g/mol. The molecule has 0 aliphatic rings. The van der Waals surface area contributed by atoms with Gasteiger partial charge in [0.15, 0.2) is 0 Å². The van der Waals surface area contributed by atoms with Gasteiger partial charge in [-0.1, -0.05) is 35.9 Å². The zero-order valence-corrected chi connectivity index (χ0v) is 12.5. The third kappa shape index (κ3) is 3.22. The van der Waals surface area contributed by atoms with Gasteiger partial charge in [0.2, 0.25) is 0 Å². The lowest BCUT2D eigenvalue weighted by Gasteiger charge is -2.15. The van der Waals surface area contributed by atoms with E-state index in [1.165, 1.54) is 12.1 Å². The molecule has 0 amide bonds. The maximum absolute atomic E-state index is 13.0. The van der Waals surface area contributed by atoms with E-state index in [1.807, 2.05) is 24.3 Å². The van der Waals surface area contributed by atoms with E-state index in [2.05, 4.69) is 22.6 Å². The van der Waals surface area contributed by atoms with Crippen LogP contribution < -0.4 is 5.73 Å². The maximum Gasteiger partial charge on any atom is 0.124 e. The highest BCUT2D eigenvalue weighted by atomic mass is 127. The molecule has 0 aromatic heterocycles. The third-order valence-corrected chi connectivity index (χ3v) is 4.06. The molecule has 0 spiro atoms.